The summed E-state index contributed by atoms with van der Waals surface area (Å²) >= 11 is 13.6. The van der Waals surface area contributed by atoms with Crippen molar-refractivity contribution < 1.29 is 4.79 Å². The van der Waals surface area contributed by atoms with Crippen LogP contribution < -0.4 is 5.56 Å². The highest BCUT2D eigenvalue weighted by Crippen LogP contribution is 2.36. The van der Waals surface area contributed by atoms with E-state index in [4.69, 9.17) is 23.8 Å². The molecule has 4 rings (SSSR count). The van der Waals surface area contributed by atoms with Crippen molar-refractivity contribution in [1.29, 1.82) is 0 Å². The zero-order valence-electron chi connectivity index (χ0n) is 16.6. The van der Waals surface area contributed by atoms with Gasteiger partial charge in [0.15, 0.2) is 3.95 Å². The van der Waals surface area contributed by atoms with Gasteiger partial charge in [0.05, 0.1) is 15.8 Å². The molecular weight excluding hydrogens is 438 g/mol. The minimum atomic E-state index is -0.216. The number of carbonyl (C=O) groups excluding carboxylic acids is 1. The number of para-hydroxylation sites is 1. The predicted molar refractivity (Wildman–Crippen MR) is 126 cm³/mol. The summed E-state index contributed by atoms with van der Waals surface area (Å²) in [7, 11) is 0. The Labute approximate surface area is 187 Å². The van der Waals surface area contributed by atoms with E-state index in [1.54, 1.807) is 17.0 Å². The minimum absolute atomic E-state index is 0.0577. The van der Waals surface area contributed by atoms with Crippen molar-refractivity contribution in [2.75, 3.05) is 13.1 Å². The molecule has 4 aromatic rings. The van der Waals surface area contributed by atoms with Crippen molar-refractivity contribution in [2.45, 2.75) is 20.4 Å². The Morgan fingerprint density at radius 3 is 2.47 bits per heavy atom. The van der Waals surface area contributed by atoms with Gasteiger partial charge in [-0.2, -0.15) is 0 Å². The summed E-state index contributed by atoms with van der Waals surface area (Å²) in [6.45, 7) is 4.96. The Balaban J connectivity index is 2.12. The first-order valence-corrected chi connectivity index (χ1v) is 11.3. The number of thiazole rings is 1. The van der Waals surface area contributed by atoms with E-state index in [0.717, 1.165) is 16.0 Å². The van der Waals surface area contributed by atoms with Gasteiger partial charge < -0.3 is 4.90 Å². The van der Waals surface area contributed by atoms with E-state index in [9.17, 15) is 9.59 Å². The van der Waals surface area contributed by atoms with Crippen LogP contribution in [0.2, 0.25) is 5.02 Å². The second-order valence-electron chi connectivity index (χ2n) is 6.81. The van der Waals surface area contributed by atoms with Gasteiger partial charge in [0.1, 0.15) is 12.2 Å². The zero-order valence-corrected chi connectivity index (χ0v) is 19.0. The van der Waals surface area contributed by atoms with Gasteiger partial charge >= 0.3 is 0 Å². The number of aromatic nitrogens is 2. The molecule has 0 fully saturated rings. The second kappa shape index (κ2) is 8.34. The molecule has 1 amide bonds. The van der Waals surface area contributed by atoms with Gasteiger partial charge in [-0.1, -0.05) is 41.9 Å². The van der Waals surface area contributed by atoms with Crippen molar-refractivity contribution >= 4 is 57.6 Å². The van der Waals surface area contributed by atoms with E-state index in [1.807, 2.05) is 54.6 Å². The molecular formula is C22H20ClN3O2S2. The number of rotatable bonds is 5. The fraction of sp³-hybridized carbons (Fsp3) is 0.227. The third-order valence-corrected chi connectivity index (χ3v) is 6.92. The molecule has 2 heterocycles. The maximum Gasteiger partial charge on any atom is 0.262 e. The average molecular weight is 458 g/mol. The van der Waals surface area contributed by atoms with Gasteiger partial charge in [-0.05, 0) is 44.3 Å². The van der Waals surface area contributed by atoms with Crippen LogP contribution in [0.25, 0.3) is 27.0 Å². The molecule has 2 aromatic heterocycles. The zero-order chi connectivity index (χ0) is 21.4. The molecule has 0 radical (unpaired) electrons. The number of halogens is 1. The first-order valence-electron chi connectivity index (χ1n) is 9.67. The van der Waals surface area contributed by atoms with Gasteiger partial charge in [0, 0.05) is 23.7 Å². The number of hydrogen-bond donors (Lipinski definition) is 0. The van der Waals surface area contributed by atoms with Gasteiger partial charge in [0.2, 0.25) is 5.91 Å². The Morgan fingerprint density at radius 2 is 1.77 bits per heavy atom. The minimum Gasteiger partial charge on any atom is -0.342 e. The monoisotopic (exact) mass is 457 g/mol. The Morgan fingerprint density at radius 1 is 1.10 bits per heavy atom. The summed E-state index contributed by atoms with van der Waals surface area (Å²) in [4.78, 5) is 28.9. The van der Waals surface area contributed by atoms with Crippen LogP contribution in [0.15, 0.2) is 53.3 Å². The molecule has 0 saturated carbocycles. The van der Waals surface area contributed by atoms with Crippen LogP contribution in [-0.4, -0.2) is 32.9 Å². The van der Waals surface area contributed by atoms with Crippen LogP contribution >= 0.6 is 35.2 Å². The number of amides is 1. The average Bonchev–Trinajstić information content (AvgIpc) is 3.09. The molecule has 154 valence electrons. The number of carbonyl (C=O) groups is 1. The first-order chi connectivity index (χ1) is 14.5. The summed E-state index contributed by atoms with van der Waals surface area (Å²) < 4.78 is 4.01. The van der Waals surface area contributed by atoms with E-state index < -0.39 is 0 Å². The molecule has 30 heavy (non-hydrogen) atoms. The molecule has 0 aliphatic carbocycles. The largest absolute Gasteiger partial charge is 0.342 e. The van der Waals surface area contributed by atoms with Crippen LogP contribution in [0.1, 0.15) is 13.8 Å². The molecule has 0 spiro atoms. The summed E-state index contributed by atoms with van der Waals surface area (Å²) in [5, 5.41) is 1.09. The molecule has 8 heteroatoms. The summed E-state index contributed by atoms with van der Waals surface area (Å²) in [6.07, 6.45) is 0. The Bertz CT molecular complexity index is 1380. The van der Waals surface area contributed by atoms with Crippen LogP contribution in [0.5, 0.6) is 0 Å². The van der Waals surface area contributed by atoms with E-state index in [0.29, 0.717) is 33.1 Å². The van der Waals surface area contributed by atoms with Crippen LogP contribution in [-0.2, 0) is 11.3 Å². The maximum absolute atomic E-state index is 13.5. The van der Waals surface area contributed by atoms with Crippen molar-refractivity contribution in [3.63, 3.8) is 0 Å². The highest BCUT2D eigenvalue weighted by atomic mass is 35.5. The van der Waals surface area contributed by atoms with Crippen molar-refractivity contribution in [2.24, 2.45) is 0 Å². The molecule has 0 aliphatic rings. The Hall–Kier alpha value is -2.48. The van der Waals surface area contributed by atoms with Crippen molar-refractivity contribution in [3.8, 4) is 10.4 Å². The standard InChI is InChI=1S/C22H20ClN3O2S2/c1-3-24(4-2)18(27)13-25-20-19(14-9-5-7-11-16(14)23)30-22(29)26(20)17-12-8-6-10-15(17)21(25)28/h5-12H,3-4,13H2,1-2H3. The molecule has 5 nitrogen and oxygen atoms in total. The van der Waals surface area contributed by atoms with Gasteiger partial charge in [-0.15, -0.1) is 11.3 Å². The summed E-state index contributed by atoms with van der Waals surface area (Å²) in [6, 6.07) is 14.8. The fourth-order valence-corrected chi connectivity index (χ4v) is 5.44. The molecule has 0 aliphatic heterocycles. The smallest absolute Gasteiger partial charge is 0.262 e. The van der Waals surface area contributed by atoms with E-state index in [-0.39, 0.29) is 18.0 Å². The second-order valence-corrected chi connectivity index (χ2v) is 8.86. The van der Waals surface area contributed by atoms with E-state index >= 15 is 0 Å². The highest BCUT2D eigenvalue weighted by molar-refractivity contribution is 7.73. The van der Waals surface area contributed by atoms with Crippen LogP contribution in [0, 0.1) is 3.95 Å². The van der Waals surface area contributed by atoms with Gasteiger partial charge in [-0.25, -0.2) is 0 Å². The molecule has 0 N–H and O–H groups in total. The first kappa shape index (κ1) is 20.8. The normalized spacial score (nSPS) is 11.3. The SMILES string of the molecule is CCN(CC)C(=O)Cn1c(=O)c2ccccc2n2c(=S)sc(-c3ccccc3Cl)c12. The molecule has 0 atom stereocenters. The quantitative estimate of drug-likeness (QED) is 0.385. The van der Waals surface area contributed by atoms with Gasteiger partial charge in [0.25, 0.3) is 5.56 Å². The highest BCUT2D eigenvalue weighted by Gasteiger charge is 2.22. The van der Waals surface area contributed by atoms with Crippen LogP contribution in [0.3, 0.4) is 0 Å². The molecule has 2 aromatic carbocycles. The van der Waals surface area contributed by atoms with E-state index in [2.05, 4.69) is 0 Å². The van der Waals surface area contributed by atoms with Gasteiger partial charge in [-0.3, -0.25) is 18.6 Å². The maximum atomic E-state index is 13.5. The van der Waals surface area contributed by atoms with Crippen molar-refractivity contribution in [3.05, 3.63) is 67.9 Å². The lowest BCUT2D eigenvalue weighted by Gasteiger charge is -2.20. The Kier molecular flexibility index (Phi) is 5.77. The molecule has 0 unspecified atom stereocenters. The lowest BCUT2D eigenvalue weighted by Crippen LogP contribution is -2.37. The fourth-order valence-electron chi connectivity index (χ4n) is 3.69. The topological polar surface area (TPSA) is 46.7 Å². The number of likely N-dealkylation sites (N-methyl/N-ethyl adjacent to an activating group) is 1. The number of fused-ring (bicyclic) bond motifs is 3. The lowest BCUT2D eigenvalue weighted by atomic mass is 10.2. The third-order valence-electron chi connectivity index (χ3n) is 5.19. The van der Waals surface area contributed by atoms with E-state index in [1.165, 1.54) is 15.9 Å². The number of hydrogen-bond acceptors (Lipinski definition) is 4. The number of nitrogens with zero attached hydrogens (tertiary/aromatic N) is 3. The summed E-state index contributed by atoms with van der Waals surface area (Å²) in [5.74, 6) is -0.110. The lowest BCUT2D eigenvalue weighted by molar-refractivity contribution is -0.131. The predicted octanol–water partition coefficient (Wildman–Crippen LogP) is 5.23. The summed E-state index contributed by atoms with van der Waals surface area (Å²) in [5.41, 5.74) is 1.90. The third kappa shape index (κ3) is 3.37. The van der Waals surface area contributed by atoms with Crippen molar-refractivity contribution in [1.82, 2.24) is 13.9 Å². The molecule has 0 saturated heterocycles. The number of benzene rings is 2. The molecule has 0 bridgehead atoms. The van der Waals surface area contributed by atoms with Crippen LogP contribution in [0.4, 0.5) is 0 Å².